The molecule has 0 heterocycles. The number of hydrogen-bond acceptors (Lipinski definition) is 1. The molecule has 29 heavy (non-hydrogen) atoms. The first-order valence-corrected chi connectivity index (χ1v) is 8.70. The molecule has 0 unspecified atom stereocenters. The molecule has 0 saturated heterocycles. The number of benzene rings is 2. The fraction of sp³-hybridized carbons (Fsp3) is 0.304. The fourth-order valence-electron chi connectivity index (χ4n) is 2.84. The van der Waals surface area contributed by atoms with Crippen molar-refractivity contribution in [3.8, 4) is 0 Å². The summed E-state index contributed by atoms with van der Waals surface area (Å²) in [5, 5.41) is 0. The van der Waals surface area contributed by atoms with Crippen LogP contribution in [0, 0.1) is 26.9 Å². The Morgan fingerprint density at radius 2 is 1.34 bits per heavy atom. The minimum Gasteiger partial charge on any atom is 0 e. The summed E-state index contributed by atoms with van der Waals surface area (Å²) in [6, 6.07) is 16.6. The quantitative estimate of drug-likeness (QED) is 0.500. The number of rotatable bonds is 6. The molecule has 152 valence electrons. The first-order valence-electron chi connectivity index (χ1n) is 8.70. The van der Waals surface area contributed by atoms with Crippen LogP contribution >= 0.6 is 0 Å². The van der Waals surface area contributed by atoms with Crippen molar-refractivity contribution in [2.75, 3.05) is 13.1 Å². The van der Waals surface area contributed by atoms with Gasteiger partial charge in [-0.2, -0.15) is 0 Å². The molecule has 0 saturated carbocycles. The SMILES string of the molecule is CCN(CC)C(=O)c1c(C)cccc1CCc1ccccc1.[C-]#[O+].[C-]#[O+].[C-]#[O+].[Cr]. The molecular weight excluding hydrogens is 406 g/mol. The molecule has 0 bridgehead atoms. The van der Waals surface area contributed by atoms with Gasteiger partial charge in [0.2, 0.25) is 0 Å². The van der Waals surface area contributed by atoms with Crippen LogP contribution in [0.25, 0.3) is 0 Å². The van der Waals surface area contributed by atoms with Crippen LogP contribution < -0.4 is 0 Å². The number of carbonyl (C=O) groups is 1. The second-order valence-electron chi connectivity index (χ2n) is 5.57. The second kappa shape index (κ2) is 20.4. The van der Waals surface area contributed by atoms with Crippen LogP contribution in [-0.4, -0.2) is 23.9 Å². The molecule has 0 N–H and O–H groups in total. The van der Waals surface area contributed by atoms with Gasteiger partial charge in [-0.15, -0.1) is 0 Å². The Morgan fingerprint density at radius 1 is 0.828 bits per heavy atom. The largest absolute Gasteiger partial charge is 0 e. The van der Waals surface area contributed by atoms with Crippen LogP contribution in [0.3, 0.4) is 0 Å². The summed E-state index contributed by atoms with van der Waals surface area (Å²) in [5.41, 5.74) is 4.43. The van der Waals surface area contributed by atoms with E-state index in [1.807, 2.05) is 37.8 Å². The van der Waals surface area contributed by atoms with Gasteiger partial charge < -0.3 is 4.90 Å². The number of amides is 1. The smallest absolute Gasteiger partial charge is 0 e. The Balaban J connectivity index is -0.000000883. The summed E-state index contributed by atoms with van der Waals surface area (Å²) >= 11 is 0. The van der Waals surface area contributed by atoms with Gasteiger partial charge in [-0.05, 0) is 50.3 Å². The first kappa shape index (κ1) is 31.4. The monoisotopic (exact) mass is 431 g/mol. The van der Waals surface area contributed by atoms with Crippen molar-refractivity contribution in [3.63, 3.8) is 0 Å². The molecule has 0 aliphatic carbocycles. The Hall–Kier alpha value is -2.34. The molecule has 5 nitrogen and oxygen atoms in total. The minimum absolute atomic E-state index is 0. The van der Waals surface area contributed by atoms with Crippen LogP contribution in [0.2, 0.25) is 0 Å². The van der Waals surface area contributed by atoms with Crippen LogP contribution in [0.15, 0.2) is 48.5 Å². The molecule has 2 rings (SSSR count). The van der Waals surface area contributed by atoms with Crippen molar-refractivity contribution in [2.24, 2.45) is 0 Å². The zero-order valence-corrected chi connectivity index (χ0v) is 18.2. The summed E-state index contributed by atoms with van der Waals surface area (Å²) in [4.78, 5) is 14.7. The van der Waals surface area contributed by atoms with Gasteiger partial charge in [-0.25, -0.2) is 0 Å². The number of carbonyl (C=O) groups excluding carboxylic acids is 1. The van der Waals surface area contributed by atoms with Crippen LogP contribution in [0.4, 0.5) is 0 Å². The van der Waals surface area contributed by atoms with Crippen molar-refractivity contribution >= 4 is 5.91 Å². The van der Waals surface area contributed by atoms with E-state index >= 15 is 0 Å². The van der Waals surface area contributed by atoms with Crippen LogP contribution in [0.1, 0.15) is 40.9 Å². The van der Waals surface area contributed by atoms with Crippen molar-refractivity contribution < 1.29 is 36.1 Å². The zero-order chi connectivity index (χ0) is 21.9. The van der Waals surface area contributed by atoms with Gasteiger partial charge >= 0.3 is 33.9 Å². The van der Waals surface area contributed by atoms with Crippen LogP contribution in [-0.2, 0) is 44.2 Å². The maximum atomic E-state index is 12.8. The van der Waals surface area contributed by atoms with E-state index in [0.717, 1.165) is 42.6 Å². The molecule has 2 aromatic rings. The van der Waals surface area contributed by atoms with E-state index in [4.69, 9.17) is 14.0 Å². The van der Waals surface area contributed by atoms with Crippen molar-refractivity contribution in [3.05, 3.63) is 90.7 Å². The second-order valence-corrected chi connectivity index (χ2v) is 5.57. The molecule has 0 atom stereocenters. The van der Waals surface area contributed by atoms with Crippen LogP contribution in [0.5, 0.6) is 0 Å². The molecule has 0 fully saturated rings. The molecule has 0 aliphatic heterocycles. The molecule has 0 aliphatic rings. The molecule has 6 heteroatoms. The van der Waals surface area contributed by atoms with E-state index in [2.05, 4.69) is 56.3 Å². The van der Waals surface area contributed by atoms with Crippen molar-refractivity contribution in [2.45, 2.75) is 33.6 Å². The number of aryl methyl sites for hydroxylation is 3. The molecular formula is C23H25CrNO4. The van der Waals surface area contributed by atoms with Gasteiger partial charge in [0.15, 0.2) is 0 Å². The standard InChI is InChI=1S/C20H25NO.3CO.Cr/c1-4-21(5-2)20(22)19-16(3)10-9-13-18(19)15-14-17-11-7-6-8-12-17;3*1-2;/h6-13H,4-5,14-15H2,1-3H3;;;;. The fourth-order valence-corrected chi connectivity index (χ4v) is 2.84. The molecule has 1 amide bonds. The molecule has 0 aromatic heterocycles. The summed E-state index contributed by atoms with van der Waals surface area (Å²) in [6.45, 7) is 21.1. The Labute approximate surface area is 184 Å². The summed E-state index contributed by atoms with van der Waals surface area (Å²) in [6.07, 6.45) is 1.86. The Bertz CT molecular complexity index is 736. The maximum absolute atomic E-state index is 12.8. The van der Waals surface area contributed by atoms with E-state index in [9.17, 15) is 4.79 Å². The van der Waals surface area contributed by atoms with E-state index in [-0.39, 0.29) is 23.3 Å². The number of hydrogen-bond donors (Lipinski definition) is 0. The van der Waals surface area contributed by atoms with Gasteiger partial charge in [-0.3, -0.25) is 4.79 Å². The topological polar surface area (TPSA) is 80.0 Å². The van der Waals surface area contributed by atoms with Gasteiger partial charge in [-0.1, -0.05) is 48.5 Å². The third-order valence-electron chi connectivity index (χ3n) is 4.15. The number of nitrogens with zero attached hydrogens (tertiary/aromatic N) is 1. The molecule has 0 radical (unpaired) electrons. The summed E-state index contributed by atoms with van der Waals surface area (Å²) in [5.74, 6) is 0.158. The Morgan fingerprint density at radius 3 is 1.83 bits per heavy atom. The van der Waals surface area contributed by atoms with E-state index < -0.39 is 0 Å². The predicted octanol–water partition coefficient (Wildman–Crippen LogP) is 4.15. The summed E-state index contributed by atoms with van der Waals surface area (Å²) < 4.78 is 22.5. The van der Waals surface area contributed by atoms with E-state index in [1.54, 1.807) is 0 Å². The third kappa shape index (κ3) is 10.7. The average molecular weight is 431 g/mol. The first-order chi connectivity index (χ1) is 13.7. The summed E-state index contributed by atoms with van der Waals surface area (Å²) in [7, 11) is 0. The average Bonchev–Trinajstić information content (AvgIpc) is 2.78. The van der Waals surface area contributed by atoms with E-state index in [1.165, 1.54) is 5.56 Å². The van der Waals surface area contributed by atoms with Gasteiger partial charge in [0.25, 0.3) is 5.91 Å². The van der Waals surface area contributed by atoms with Gasteiger partial charge in [0.05, 0.1) is 0 Å². The predicted molar refractivity (Wildman–Crippen MR) is 104 cm³/mol. The molecule has 2 aromatic carbocycles. The van der Waals surface area contributed by atoms with Gasteiger partial charge in [0.1, 0.15) is 0 Å². The minimum atomic E-state index is 0. The van der Waals surface area contributed by atoms with Crippen molar-refractivity contribution in [1.82, 2.24) is 4.90 Å². The normalized spacial score (nSPS) is 8.17. The maximum Gasteiger partial charge on any atom is 0 e. The van der Waals surface area contributed by atoms with Gasteiger partial charge in [0, 0.05) is 36.0 Å². The van der Waals surface area contributed by atoms with E-state index in [0.29, 0.717) is 0 Å². The molecule has 0 spiro atoms. The van der Waals surface area contributed by atoms with Crippen molar-refractivity contribution in [1.29, 1.82) is 0 Å². The Kier molecular flexibility index (Phi) is 22.1. The zero-order valence-electron chi connectivity index (χ0n) is 16.9. The third-order valence-corrected chi connectivity index (χ3v) is 4.15.